The molecule has 0 heterocycles. The van der Waals surface area contributed by atoms with Crippen molar-refractivity contribution in [1.82, 2.24) is 0 Å². The van der Waals surface area contributed by atoms with E-state index in [4.69, 9.17) is 4.74 Å². The van der Waals surface area contributed by atoms with E-state index in [2.05, 4.69) is 6.92 Å². The first-order valence-electron chi connectivity index (χ1n) is 12.8. The highest BCUT2D eigenvalue weighted by molar-refractivity contribution is 5.23. The molecule has 0 unspecified atom stereocenters. The summed E-state index contributed by atoms with van der Waals surface area (Å²) in [6.07, 6.45) is 18.8. The Bertz CT molecular complexity index is 623. The van der Waals surface area contributed by atoms with Crippen molar-refractivity contribution >= 4 is 0 Å². The molecule has 2 aliphatic carbocycles. The monoisotopic (exact) mass is 438 g/mol. The topological polar surface area (TPSA) is 9.23 Å². The Morgan fingerprint density at radius 2 is 1.32 bits per heavy atom. The molecule has 2 aliphatic rings. The molecule has 0 spiro atoms. The number of halogens is 3. The molecule has 0 aromatic heterocycles. The molecule has 0 aliphatic heterocycles. The lowest BCUT2D eigenvalue weighted by Crippen LogP contribution is -2.25. The largest absolute Gasteiger partial charge is 0.378 e. The maximum absolute atomic E-state index is 13.5. The lowest BCUT2D eigenvalue weighted by Gasteiger charge is -2.32. The van der Waals surface area contributed by atoms with Crippen molar-refractivity contribution in [1.29, 1.82) is 0 Å². The molecule has 0 bridgehead atoms. The van der Waals surface area contributed by atoms with Crippen molar-refractivity contribution in [2.45, 2.75) is 115 Å². The summed E-state index contributed by atoms with van der Waals surface area (Å²) in [5.74, 6) is -1.82. The number of benzene rings is 1. The van der Waals surface area contributed by atoms with E-state index >= 15 is 0 Å². The van der Waals surface area contributed by atoms with E-state index in [9.17, 15) is 13.2 Å². The molecule has 1 aromatic carbocycles. The van der Waals surface area contributed by atoms with Gasteiger partial charge in [0, 0.05) is 6.61 Å². The molecule has 2 fully saturated rings. The zero-order chi connectivity index (χ0) is 22.1. The third-order valence-corrected chi connectivity index (χ3v) is 7.65. The van der Waals surface area contributed by atoms with Gasteiger partial charge in [-0.15, -0.1) is 0 Å². The van der Waals surface area contributed by atoms with Crippen molar-refractivity contribution < 1.29 is 17.9 Å². The third kappa shape index (κ3) is 7.80. The van der Waals surface area contributed by atoms with E-state index < -0.39 is 17.5 Å². The summed E-state index contributed by atoms with van der Waals surface area (Å²) in [4.78, 5) is 0. The lowest BCUT2D eigenvalue weighted by molar-refractivity contribution is -0.00486. The number of unbranched alkanes of at least 4 members (excludes halogenated alkanes) is 5. The highest BCUT2D eigenvalue weighted by Crippen LogP contribution is 2.37. The summed E-state index contributed by atoms with van der Waals surface area (Å²) >= 11 is 0. The third-order valence-electron chi connectivity index (χ3n) is 7.65. The van der Waals surface area contributed by atoms with Crippen LogP contribution in [-0.2, 0) is 4.74 Å². The summed E-state index contributed by atoms with van der Waals surface area (Å²) in [7, 11) is 0. The standard InChI is InChI=1S/C27H41F3O/c1-2-3-4-5-6-7-8-20-9-11-21(12-10-20)19-31-24-15-13-22(14-16-24)23-17-25(28)27(30)26(29)18-23/h17-18,20-22,24H,2-16,19H2,1H3. The van der Waals surface area contributed by atoms with Gasteiger partial charge < -0.3 is 4.74 Å². The average Bonchev–Trinajstić information content (AvgIpc) is 2.79. The normalized spacial score (nSPS) is 26.8. The average molecular weight is 439 g/mol. The Kier molecular flexibility index (Phi) is 10.2. The van der Waals surface area contributed by atoms with Gasteiger partial charge >= 0.3 is 0 Å². The van der Waals surface area contributed by atoms with Crippen LogP contribution in [0.1, 0.15) is 115 Å². The fourth-order valence-corrected chi connectivity index (χ4v) is 5.55. The molecule has 31 heavy (non-hydrogen) atoms. The second-order valence-corrected chi connectivity index (χ2v) is 10.0. The van der Waals surface area contributed by atoms with Gasteiger partial charge in [0.2, 0.25) is 0 Å². The van der Waals surface area contributed by atoms with E-state index in [1.165, 1.54) is 70.6 Å². The summed E-state index contributed by atoms with van der Waals surface area (Å²) in [5, 5.41) is 0. The van der Waals surface area contributed by atoms with Crippen LogP contribution in [0.3, 0.4) is 0 Å². The molecule has 1 aromatic rings. The van der Waals surface area contributed by atoms with Crippen LogP contribution in [0.15, 0.2) is 12.1 Å². The molecule has 3 rings (SSSR count). The van der Waals surface area contributed by atoms with E-state index in [-0.39, 0.29) is 12.0 Å². The van der Waals surface area contributed by atoms with Crippen LogP contribution in [0.25, 0.3) is 0 Å². The molecule has 1 nitrogen and oxygen atoms in total. The van der Waals surface area contributed by atoms with Gasteiger partial charge in [0.25, 0.3) is 0 Å². The zero-order valence-electron chi connectivity index (χ0n) is 19.3. The fraction of sp³-hybridized carbons (Fsp3) is 0.778. The quantitative estimate of drug-likeness (QED) is 0.248. The Morgan fingerprint density at radius 1 is 0.742 bits per heavy atom. The van der Waals surface area contributed by atoms with Crippen LogP contribution < -0.4 is 0 Å². The van der Waals surface area contributed by atoms with Gasteiger partial charge in [-0.2, -0.15) is 0 Å². The van der Waals surface area contributed by atoms with Gasteiger partial charge in [0.15, 0.2) is 17.5 Å². The van der Waals surface area contributed by atoms with Crippen LogP contribution >= 0.6 is 0 Å². The van der Waals surface area contributed by atoms with Crippen LogP contribution in [-0.4, -0.2) is 12.7 Å². The summed E-state index contributed by atoms with van der Waals surface area (Å²) < 4.78 is 46.5. The predicted octanol–water partition coefficient (Wildman–Crippen LogP) is 8.70. The lowest BCUT2D eigenvalue weighted by atomic mass is 9.80. The van der Waals surface area contributed by atoms with Gasteiger partial charge in [-0.05, 0) is 74.0 Å². The van der Waals surface area contributed by atoms with E-state index in [1.54, 1.807) is 0 Å². The molecular weight excluding hydrogens is 397 g/mol. The molecule has 176 valence electrons. The number of hydrogen-bond donors (Lipinski definition) is 0. The number of rotatable bonds is 11. The van der Waals surface area contributed by atoms with Gasteiger partial charge in [-0.3, -0.25) is 0 Å². The van der Waals surface area contributed by atoms with E-state index in [1.807, 2.05) is 0 Å². The predicted molar refractivity (Wildman–Crippen MR) is 121 cm³/mol. The minimum absolute atomic E-state index is 0.0989. The van der Waals surface area contributed by atoms with Gasteiger partial charge in [0.1, 0.15) is 0 Å². The minimum Gasteiger partial charge on any atom is -0.378 e. The highest BCUT2D eigenvalue weighted by atomic mass is 19.2. The molecule has 0 atom stereocenters. The second-order valence-electron chi connectivity index (χ2n) is 10.0. The molecule has 4 heteroatoms. The first-order valence-corrected chi connectivity index (χ1v) is 12.8. The van der Waals surface area contributed by atoms with Gasteiger partial charge in [-0.25, -0.2) is 13.2 Å². The molecule has 0 amide bonds. The van der Waals surface area contributed by atoms with Crippen molar-refractivity contribution in [3.63, 3.8) is 0 Å². The van der Waals surface area contributed by atoms with Crippen LogP contribution in [0.2, 0.25) is 0 Å². The SMILES string of the molecule is CCCCCCCCC1CCC(COC2CCC(c3cc(F)c(F)c(F)c3)CC2)CC1. The Labute approximate surface area is 187 Å². The minimum atomic E-state index is -1.37. The van der Waals surface area contributed by atoms with Crippen LogP contribution in [0.4, 0.5) is 13.2 Å². The molecule has 0 N–H and O–H groups in total. The first kappa shape index (κ1) is 24.6. The van der Waals surface area contributed by atoms with Crippen LogP contribution in [0, 0.1) is 29.3 Å². The van der Waals surface area contributed by atoms with E-state index in [0.29, 0.717) is 11.5 Å². The second kappa shape index (κ2) is 12.9. The Hall–Kier alpha value is -1.03. The molecule has 0 radical (unpaired) electrons. The smallest absolute Gasteiger partial charge is 0.194 e. The van der Waals surface area contributed by atoms with Gasteiger partial charge in [0.05, 0.1) is 6.10 Å². The van der Waals surface area contributed by atoms with E-state index in [0.717, 1.165) is 50.3 Å². The maximum Gasteiger partial charge on any atom is 0.194 e. The summed E-state index contributed by atoms with van der Waals surface area (Å²) in [6, 6.07) is 2.32. The molecule has 2 saturated carbocycles. The van der Waals surface area contributed by atoms with Crippen molar-refractivity contribution in [2.24, 2.45) is 11.8 Å². The highest BCUT2D eigenvalue weighted by Gasteiger charge is 2.27. The molecular formula is C27H41F3O. The van der Waals surface area contributed by atoms with Crippen molar-refractivity contribution in [3.05, 3.63) is 35.1 Å². The van der Waals surface area contributed by atoms with Crippen molar-refractivity contribution in [2.75, 3.05) is 6.61 Å². The van der Waals surface area contributed by atoms with Gasteiger partial charge in [-0.1, -0.05) is 64.7 Å². The maximum atomic E-state index is 13.5. The van der Waals surface area contributed by atoms with Crippen molar-refractivity contribution in [3.8, 4) is 0 Å². The Morgan fingerprint density at radius 3 is 1.97 bits per heavy atom. The zero-order valence-corrected chi connectivity index (χ0v) is 19.3. The Balaban J connectivity index is 1.28. The first-order chi connectivity index (χ1) is 15.1. The summed E-state index contributed by atoms with van der Waals surface area (Å²) in [5.41, 5.74) is 0.582. The molecule has 0 saturated heterocycles. The number of hydrogen-bond acceptors (Lipinski definition) is 1. The van der Waals surface area contributed by atoms with Crippen LogP contribution in [0.5, 0.6) is 0 Å². The summed E-state index contributed by atoms with van der Waals surface area (Å²) in [6.45, 7) is 3.13. The number of ether oxygens (including phenoxy) is 1. The fourth-order valence-electron chi connectivity index (χ4n) is 5.55.